The number of ether oxygens (including phenoxy) is 1. The molecule has 1 N–H and O–H groups in total. The van der Waals surface area contributed by atoms with E-state index in [2.05, 4.69) is 9.97 Å². The fraction of sp³-hybridized carbons (Fsp3) is 0.150. The summed E-state index contributed by atoms with van der Waals surface area (Å²) in [6, 6.07) is 7.78. The third-order valence-electron chi connectivity index (χ3n) is 4.66. The summed E-state index contributed by atoms with van der Waals surface area (Å²) < 4.78 is 5.11. The molecule has 30 heavy (non-hydrogen) atoms. The molecule has 4 rings (SSSR count). The van der Waals surface area contributed by atoms with Crippen molar-refractivity contribution in [2.24, 2.45) is 0 Å². The normalized spacial score (nSPS) is 13.1. The van der Waals surface area contributed by atoms with Gasteiger partial charge in [0.05, 0.1) is 32.1 Å². The summed E-state index contributed by atoms with van der Waals surface area (Å²) in [6.07, 6.45) is 0. The highest BCUT2D eigenvalue weighted by molar-refractivity contribution is 6.43. The molecular formula is C20H13Cl2N3O5. The second-order valence-corrected chi connectivity index (χ2v) is 7.47. The Kier molecular flexibility index (Phi) is 5.05. The molecule has 8 nitrogen and oxygen atoms in total. The maximum absolute atomic E-state index is 12.4. The average molecular weight is 446 g/mol. The number of imide groups is 1. The molecule has 2 aromatic carbocycles. The molecule has 0 bridgehead atoms. The minimum atomic E-state index is -0.839. The lowest BCUT2D eigenvalue weighted by Crippen LogP contribution is -2.35. The molecule has 0 saturated heterocycles. The number of aryl methyl sites for hydroxylation is 1. The van der Waals surface area contributed by atoms with Crippen LogP contribution >= 0.6 is 23.2 Å². The Bertz CT molecular complexity index is 1260. The number of hydrogen-bond acceptors (Lipinski definition) is 6. The van der Waals surface area contributed by atoms with Crippen molar-refractivity contribution in [1.82, 2.24) is 14.9 Å². The van der Waals surface area contributed by atoms with E-state index >= 15 is 0 Å². The van der Waals surface area contributed by atoms with Gasteiger partial charge in [0, 0.05) is 0 Å². The number of hydrogen-bond donors (Lipinski definition) is 1. The zero-order valence-corrected chi connectivity index (χ0v) is 17.0. The Morgan fingerprint density at radius 3 is 2.37 bits per heavy atom. The Balaban J connectivity index is 1.48. The van der Waals surface area contributed by atoms with E-state index in [9.17, 15) is 19.2 Å². The maximum atomic E-state index is 12.4. The van der Waals surface area contributed by atoms with Crippen molar-refractivity contribution in [3.63, 3.8) is 0 Å². The van der Waals surface area contributed by atoms with Crippen LogP contribution in [0.5, 0.6) is 0 Å². The minimum absolute atomic E-state index is 0.0678. The van der Waals surface area contributed by atoms with Crippen LogP contribution in [0.4, 0.5) is 0 Å². The zero-order chi connectivity index (χ0) is 21.6. The van der Waals surface area contributed by atoms with Crippen LogP contribution in [-0.4, -0.2) is 39.2 Å². The van der Waals surface area contributed by atoms with Gasteiger partial charge in [-0.3, -0.25) is 24.1 Å². The van der Waals surface area contributed by atoms with Gasteiger partial charge in [-0.1, -0.05) is 35.3 Å². The minimum Gasteiger partial charge on any atom is -0.456 e. The molecule has 0 unspecified atom stereocenters. The number of carbonyl (C=O) groups excluding carboxylic acids is 3. The van der Waals surface area contributed by atoms with Gasteiger partial charge in [-0.25, -0.2) is 4.98 Å². The second-order valence-electron chi connectivity index (χ2n) is 6.65. The number of rotatable bonds is 4. The molecule has 0 atom stereocenters. The number of benzene rings is 2. The first-order chi connectivity index (χ1) is 14.3. The molecule has 2 heterocycles. The molecule has 0 radical (unpaired) electrons. The number of carbonyl (C=O) groups is 3. The predicted octanol–water partition coefficient (Wildman–Crippen LogP) is 2.88. The molecule has 1 aliphatic heterocycles. The van der Waals surface area contributed by atoms with Crippen LogP contribution in [0.3, 0.4) is 0 Å². The van der Waals surface area contributed by atoms with Gasteiger partial charge in [-0.15, -0.1) is 0 Å². The summed E-state index contributed by atoms with van der Waals surface area (Å²) >= 11 is 11.8. The van der Waals surface area contributed by atoms with Gasteiger partial charge in [0.15, 0.2) is 0 Å². The highest BCUT2D eigenvalue weighted by Gasteiger charge is 2.37. The Hall–Kier alpha value is -3.23. The van der Waals surface area contributed by atoms with Crippen molar-refractivity contribution in [2.75, 3.05) is 6.54 Å². The van der Waals surface area contributed by atoms with Crippen molar-refractivity contribution in [2.45, 2.75) is 13.5 Å². The number of nitrogens with zero attached hydrogens (tertiary/aromatic N) is 2. The number of amides is 2. The fourth-order valence-corrected chi connectivity index (χ4v) is 3.50. The van der Waals surface area contributed by atoms with Crippen LogP contribution < -0.4 is 5.56 Å². The van der Waals surface area contributed by atoms with Gasteiger partial charge in [-0.2, -0.15) is 0 Å². The van der Waals surface area contributed by atoms with E-state index in [-0.39, 0.29) is 39.2 Å². The molecule has 0 spiro atoms. The monoisotopic (exact) mass is 445 g/mol. The number of aromatic nitrogens is 2. The summed E-state index contributed by atoms with van der Waals surface area (Å²) in [4.78, 5) is 56.9. The summed E-state index contributed by atoms with van der Waals surface area (Å²) in [7, 11) is 0. The lowest BCUT2D eigenvalue weighted by atomic mass is 10.1. The van der Waals surface area contributed by atoms with Crippen molar-refractivity contribution in [1.29, 1.82) is 0 Å². The van der Waals surface area contributed by atoms with Crippen LogP contribution in [-0.2, 0) is 16.1 Å². The molecule has 3 aromatic rings. The van der Waals surface area contributed by atoms with Crippen molar-refractivity contribution < 1.29 is 19.1 Å². The number of nitrogens with one attached hydrogen (secondary N) is 1. The molecule has 2 amide bonds. The van der Waals surface area contributed by atoms with Crippen LogP contribution in [0.25, 0.3) is 10.9 Å². The molecule has 10 heteroatoms. The van der Waals surface area contributed by atoms with E-state index < -0.39 is 24.3 Å². The van der Waals surface area contributed by atoms with Crippen LogP contribution in [0, 0.1) is 6.92 Å². The van der Waals surface area contributed by atoms with Gasteiger partial charge in [-0.05, 0) is 30.7 Å². The number of halogens is 2. The highest BCUT2D eigenvalue weighted by atomic mass is 35.5. The molecule has 152 valence electrons. The first-order valence-electron chi connectivity index (χ1n) is 8.75. The van der Waals surface area contributed by atoms with Gasteiger partial charge >= 0.3 is 5.97 Å². The summed E-state index contributed by atoms with van der Waals surface area (Å²) in [5, 5.41) is 0.679. The topological polar surface area (TPSA) is 109 Å². The van der Waals surface area contributed by atoms with E-state index in [0.29, 0.717) is 10.9 Å². The van der Waals surface area contributed by atoms with Gasteiger partial charge in [0.25, 0.3) is 17.4 Å². The average Bonchev–Trinajstić information content (AvgIpc) is 2.92. The number of fused-ring (bicyclic) bond motifs is 2. The number of H-pyrrole nitrogens is 1. The quantitative estimate of drug-likeness (QED) is 0.488. The maximum Gasteiger partial charge on any atom is 0.326 e. The van der Waals surface area contributed by atoms with E-state index in [4.69, 9.17) is 27.9 Å². The highest BCUT2D eigenvalue weighted by Crippen LogP contribution is 2.31. The molecule has 0 fully saturated rings. The number of para-hydroxylation sites is 1. The lowest BCUT2D eigenvalue weighted by Gasteiger charge is -2.13. The number of aromatic amines is 1. The second kappa shape index (κ2) is 7.55. The van der Waals surface area contributed by atoms with Crippen LogP contribution in [0.1, 0.15) is 32.1 Å². The lowest BCUT2D eigenvalue weighted by molar-refractivity contribution is -0.145. The molecular weight excluding hydrogens is 433 g/mol. The third kappa shape index (κ3) is 3.44. The largest absolute Gasteiger partial charge is 0.456 e. The van der Waals surface area contributed by atoms with Crippen molar-refractivity contribution >= 4 is 51.9 Å². The van der Waals surface area contributed by atoms with Gasteiger partial charge < -0.3 is 9.72 Å². The van der Waals surface area contributed by atoms with Gasteiger partial charge in [0.1, 0.15) is 19.0 Å². The predicted molar refractivity (Wildman–Crippen MR) is 109 cm³/mol. The summed E-state index contributed by atoms with van der Waals surface area (Å²) in [6.45, 7) is 0.892. The summed E-state index contributed by atoms with van der Waals surface area (Å²) in [5.41, 5.74) is 1.08. The Morgan fingerprint density at radius 1 is 1.10 bits per heavy atom. The van der Waals surface area contributed by atoms with E-state index in [1.807, 2.05) is 13.0 Å². The first kappa shape index (κ1) is 20.1. The summed E-state index contributed by atoms with van der Waals surface area (Å²) in [5.74, 6) is -2.03. The van der Waals surface area contributed by atoms with E-state index in [1.54, 1.807) is 12.1 Å². The SMILES string of the molecule is Cc1cccc2c(=O)[nH]c(COC(=O)CN3C(=O)c4cc(Cl)c(Cl)cc4C3=O)nc12. The van der Waals surface area contributed by atoms with Crippen molar-refractivity contribution in [3.8, 4) is 0 Å². The number of esters is 1. The molecule has 1 aliphatic rings. The Morgan fingerprint density at radius 2 is 1.73 bits per heavy atom. The van der Waals surface area contributed by atoms with E-state index in [0.717, 1.165) is 10.5 Å². The Labute approximate surface area is 179 Å². The molecule has 0 saturated carbocycles. The van der Waals surface area contributed by atoms with Gasteiger partial charge in [0.2, 0.25) is 0 Å². The smallest absolute Gasteiger partial charge is 0.326 e. The molecule has 1 aromatic heterocycles. The van der Waals surface area contributed by atoms with Crippen LogP contribution in [0.15, 0.2) is 35.1 Å². The standard InChI is InChI=1S/C20H13Cl2N3O5/c1-9-3-2-4-10-17(9)23-15(24-18(10)27)8-30-16(26)7-25-19(28)11-5-13(21)14(22)6-12(11)20(25)29/h2-6H,7-8H2,1H3,(H,23,24,27). The van der Waals surface area contributed by atoms with Crippen LogP contribution in [0.2, 0.25) is 10.0 Å². The first-order valence-corrected chi connectivity index (χ1v) is 9.51. The third-order valence-corrected chi connectivity index (χ3v) is 5.38. The zero-order valence-electron chi connectivity index (χ0n) is 15.5. The van der Waals surface area contributed by atoms with E-state index in [1.165, 1.54) is 12.1 Å². The molecule has 0 aliphatic carbocycles. The van der Waals surface area contributed by atoms with Crippen molar-refractivity contribution in [3.05, 3.63) is 73.2 Å². The fourth-order valence-electron chi connectivity index (χ4n) is 3.17.